The van der Waals surface area contributed by atoms with Gasteiger partial charge in [-0.25, -0.2) is 0 Å². The Kier molecular flexibility index (Phi) is 5.42. The van der Waals surface area contributed by atoms with Gasteiger partial charge in [-0.2, -0.15) is 8.78 Å². The van der Waals surface area contributed by atoms with Crippen LogP contribution in [0.15, 0.2) is 40.9 Å². The Hall–Kier alpha value is -1.33. The van der Waals surface area contributed by atoms with Gasteiger partial charge in [-0.05, 0) is 58.7 Å². The summed E-state index contributed by atoms with van der Waals surface area (Å²) in [5.74, 6) is 0.116. The van der Waals surface area contributed by atoms with Crippen LogP contribution in [0, 0.1) is 6.92 Å². The second-order valence-electron chi connectivity index (χ2n) is 4.47. The molecule has 2 rings (SSSR count). The van der Waals surface area contributed by atoms with Crippen molar-refractivity contribution in [3.63, 3.8) is 0 Å². The third-order valence-electron chi connectivity index (χ3n) is 2.83. The minimum absolute atomic E-state index is 0.116. The van der Waals surface area contributed by atoms with Crippen LogP contribution in [0.4, 0.5) is 14.5 Å². The molecule has 0 fully saturated rings. The highest BCUT2D eigenvalue weighted by atomic mass is 79.9. The highest BCUT2D eigenvalue weighted by Gasteiger charge is 2.11. The van der Waals surface area contributed by atoms with Crippen LogP contribution in [0.25, 0.3) is 0 Å². The lowest BCUT2D eigenvalue weighted by Crippen LogP contribution is -2.07. The maximum Gasteiger partial charge on any atom is 0.387 e. The summed E-state index contributed by atoms with van der Waals surface area (Å²) < 4.78 is 30.2. The molecule has 2 nitrogen and oxygen atoms in total. The molecule has 0 saturated carbocycles. The van der Waals surface area contributed by atoms with E-state index in [9.17, 15) is 8.78 Å². The Morgan fingerprint density at radius 2 is 2.00 bits per heavy atom. The zero-order chi connectivity index (χ0) is 15.4. The number of anilines is 1. The third-order valence-corrected chi connectivity index (χ3v) is 3.76. The number of ether oxygens (including phenoxy) is 1. The summed E-state index contributed by atoms with van der Waals surface area (Å²) in [4.78, 5) is 0. The van der Waals surface area contributed by atoms with E-state index in [1.807, 2.05) is 25.1 Å². The van der Waals surface area contributed by atoms with Crippen molar-refractivity contribution in [2.75, 3.05) is 5.32 Å². The molecule has 0 saturated heterocycles. The molecule has 21 heavy (non-hydrogen) atoms. The summed E-state index contributed by atoms with van der Waals surface area (Å²) in [7, 11) is 0. The summed E-state index contributed by atoms with van der Waals surface area (Å²) in [6.07, 6.45) is 0. The topological polar surface area (TPSA) is 21.3 Å². The molecular weight excluding hydrogens is 364 g/mol. The van der Waals surface area contributed by atoms with Crippen LogP contribution in [0.2, 0.25) is 5.02 Å². The standard InChI is InChI=1S/C15H13BrClF2NO/c1-9-2-4-12(16)13(6-9)20-8-10-7-11(17)3-5-14(10)21-15(18)19/h2-7,15,20H,8H2,1H3. The van der Waals surface area contributed by atoms with E-state index in [1.165, 1.54) is 12.1 Å². The lowest BCUT2D eigenvalue weighted by molar-refractivity contribution is -0.0504. The highest BCUT2D eigenvalue weighted by molar-refractivity contribution is 9.10. The minimum Gasteiger partial charge on any atom is -0.434 e. The molecule has 0 radical (unpaired) electrons. The van der Waals surface area contributed by atoms with Gasteiger partial charge in [-0.1, -0.05) is 17.7 Å². The molecule has 0 aliphatic rings. The normalized spacial score (nSPS) is 10.8. The van der Waals surface area contributed by atoms with Crippen molar-refractivity contribution in [2.24, 2.45) is 0 Å². The number of nitrogens with one attached hydrogen (secondary N) is 1. The number of hydrogen-bond donors (Lipinski definition) is 1. The van der Waals surface area contributed by atoms with E-state index in [0.29, 0.717) is 17.1 Å². The monoisotopic (exact) mass is 375 g/mol. The van der Waals surface area contributed by atoms with Crippen LogP contribution in [-0.4, -0.2) is 6.61 Å². The van der Waals surface area contributed by atoms with Crippen LogP contribution in [-0.2, 0) is 6.54 Å². The molecule has 0 heterocycles. The van der Waals surface area contributed by atoms with Gasteiger partial charge in [0.2, 0.25) is 0 Å². The van der Waals surface area contributed by atoms with E-state index in [2.05, 4.69) is 26.0 Å². The van der Waals surface area contributed by atoms with Crippen molar-refractivity contribution >= 4 is 33.2 Å². The second kappa shape index (κ2) is 7.09. The van der Waals surface area contributed by atoms with Crippen molar-refractivity contribution in [1.29, 1.82) is 0 Å². The molecule has 2 aromatic carbocycles. The van der Waals surface area contributed by atoms with Crippen LogP contribution in [0.5, 0.6) is 5.75 Å². The predicted molar refractivity (Wildman–Crippen MR) is 84.3 cm³/mol. The van der Waals surface area contributed by atoms with Crippen molar-refractivity contribution in [3.05, 3.63) is 57.0 Å². The summed E-state index contributed by atoms with van der Waals surface area (Å²) in [6.45, 7) is -0.567. The molecule has 0 atom stereocenters. The summed E-state index contributed by atoms with van der Waals surface area (Å²) >= 11 is 9.35. The molecule has 0 aromatic heterocycles. The molecular formula is C15H13BrClF2NO. The predicted octanol–water partition coefficient (Wildman–Crippen LogP) is 5.62. The van der Waals surface area contributed by atoms with E-state index in [-0.39, 0.29) is 5.75 Å². The van der Waals surface area contributed by atoms with Crippen LogP contribution in [0.3, 0.4) is 0 Å². The maximum absolute atomic E-state index is 12.4. The minimum atomic E-state index is -2.87. The molecule has 0 aliphatic heterocycles. The number of hydrogen-bond acceptors (Lipinski definition) is 2. The van der Waals surface area contributed by atoms with Gasteiger partial charge >= 0.3 is 6.61 Å². The fourth-order valence-electron chi connectivity index (χ4n) is 1.86. The number of aryl methyl sites for hydroxylation is 1. The van der Waals surface area contributed by atoms with E-state index >= 15 is 0 Å². The van der Waals surface area contributed by atoms with E-state index in [4.69, 9.17) is 11.6 Å². The smallest absolute Gasteiger partial charge is 0.387 e. The number of halogens is 4. The number of alkyl halides is 2. The Morgan fingerprint density at radius 1 is 1.24 bits per heavy atom. The molecule has 0 spiro atoms. The molecule has 0 aliphatic carbocycles. The van der Waals surface area contributed by atoms with Crippen LogP contribution in [0.1, 0.15) is 11.1 Å². The lowest BCUT2D eigenvalue weighted by atomic mass is 10.2. The fourth-order valence-corrected chi connectivity index (χ4v) is 2.44. The average Bonchev–Trinajstić information content (AvgIpc) is 2.42. The summed E-state index contributed by atoms with van der Waals surface area (Å²) in [5, 5.41) is 3.65. The molecule has 0 unspecified atom stereocenters. The van der Waals surface area contributed by atoms with Gasteiger partial charge in [0.25, 0.3) is 0 Å². The lowest BCUT2D eigenvalue weighted by Gasteiger charge is -2.14. The second-order valence-corrected chi connectivity index (χ2v) is 5.76. The van der Waals surface area contributed by atoms with Crippen LogP contribution < -0.4 is 10.1 Å². The Morgan fingerprint density at radius 3 is 2.71 bits per heavy atom. The first kappa shape index (κ1) is 16.0. The zero-order valence-electron chi connectivity index (χ0n) is 11.2. The van der Waals surface area contributed by atoms with Gasteiger partial charge in [0.05, 0.1) is 0 Å². The van der Waals surface area contributed by atoms with Crippen molar-refractivity contribution in [1.82, 2.24) is 0 Å². The molecule has 6 heteroatoms. The first-order chi connectivity index (χ1) is 9.95. The highest BCUT2D eigenvalue weighted by Crippen LogP contribution is 2.28. The van der Waals surface area contributed by atoms with Gasteiger partial charge in [0.15, 0.2) is 0 Å². The maximum atomic E-state index is 12.4. The quantitative estimate of drug-likeness (QED) is 0.731. The van der Waals surface area contributed by atoms with Gasteiger partial charge in [0.1, 0.15) is 5.75 Å². The third kappa shape index (κ3) is 4.58. The largest absolute Gasteiger partial charge is 0.434 e. The first-order valence-electron chi connectivity index (χ1n) is 6.19. The molecule has 0 bridgehead atoms. The molecule has 2 aromatic rings. The van der Waals surface area contributed by atoms with E-state index < -0.39 is 6.61 Å². The van der Waals surface area contributed by atoms with Crippen molar-refractivity contribution in [2.45, 2.75) is 20.1 Å². The van der Waals surface area contributed by atoms with Gasteiger partial charge < -0.3 is 10.1 Å². The molecule has 112 valence electrons. The van der Waals surface area contributed by atoms with Gasteiger partial charge in [-0.15, -0.1) is 0 Å². The van der Waals surface area contributed by atoms with E-state index in [1.54, 1.807) is 6.07 Å². The fraction of sp³-hybridized carbons (Fsp3) is 0.200. The number of rotatable bonds is 5. The van der Waals surface area contributed by atoms with Gasteiger partial charge in [-0.3, -0.25) is 0 Å². The Labute approximate surface area is 135 Å². The zero-order valence-corrected chi connectivity index (χ0v) is 13.5. The van der Waals surface area contributed by atoms with Gasteiger partial charge in [0, 0.05) is 27.3 Å². The van der Waals surface area contributed by atoms with Crippen molar-refractivity contribution < 1.29 is 13.5 Å². The van der Waals surface area contributed by atoms with Crippen LogP contribution >= 0.6 is 27.5 Å². The SMILES string of the molecule is Cc1ccc(Br)c(NCc2cc(Cl)ccc2OC(F)F)c1. The summed E-state index contributed by atoms with van der Waals surface area (Å²) in [5.41, 5.74) is 2.53. The Bertz CT molecular complexity index is 637. The number of benzene rings is 2. The average molecular weight is 377 g/mol. The van der Waals surface area contributed by atoms with E-state index in [0.717, 1.165) is 15.7 Å². The first-order valence-corrected chi connectivity index (χ1v) is 7.36. The molecule has 1 N–H and O–H groups in total. The molecule has 0 amide bonds. The van der Waals surface area contributed by atoms with Crippen molar-refractivity contribution in [3.8, 4) is 5.75 Å². The Balaban J connectivity index is 2.18. The summed E-state index contributed by atoms with van der Waals surface area (Å²) in [6, 6.07) is 10.4.